The molecule has 0 saturated heterocycles. The van der Waals surface area contributed by atoms with Crippen molar-refractivity contribution in [1.29, 1.82) is 0 Å². The Morgan fingerprint density at radius 3 is 2.62 bits per heavy atom. The molecule has 3 heteroatoms. The lowest BCUT2D eigenvalue weighted by Crippen LogP contribution is -1.80. The van der Waals surface area contributed by atoms with E-state index >= 15 is 0 Å². The Kier molecular flexibility index (Phi) is 4.65. The van der Waals surface area contributed by atoms with Crippen molar-refractivity contribution in [2.75, 3.05) is 6.26 Å². The lowest BCUT2D eigenvalue weighted by atomic mass is 10.7. The standard InChI is InChI=1S/C5H10N2S/c1-4-6-5(2)7-8-3/h4H,1-3H3/b6-4+,7-5-. The van der Waals surface area contributed by atoms with Gasteiger partial charge in [0.1, 0.15) is 5.84 Å². The smallest absolute Gasteiger partial charge is 0.132 e. The second kappa shape index (κ2) is 4.84. The Hall–Kier alpha value is -0.310. The van der Waals surface area contributed by atoms with Crippen LogP contribution in [0.3, 0.4) is 0 Å². The molecule has 0 bridgehead atoms. The van der Waals surface area contributed by atoms with Crippen LogP contribution in [0, 0.1) is 0 Å². The first-order valence-electron chi connectivity index (χ1n) is 2.37. The third-order valence-corrected chi connectivity index (χ3v) is 0.986. The number of amidine groups is 1. The van der Waals surface area contributed by atoms with Gasteiger partial charge in [-0.25, -0.2) is 9.39 Å². The number of hydrogen-bond donors (Lipinski definition) is 0. The largest absolute Gasteiger partial charge is 0.246 e. The molecular weight excluding hydrogens is 120 g/mol. The van der Waals surface area contributed by atoms with Crippen LogP contribution in [0.15, 0.2) is 9.39 Å². The van der Waals surface area contributed by atoms with E-state index in [-0.39, 0.29) is 0 Å². The van der Waals surface area contributed by atoms with E-state index in [1.54, 1.807) is 6.21 Å². The Labute approximate surface area is 54.2 Å². The summed E-state index contributed by atoms with van der Waals surface area (Å²) in [6, 6.07) is 0. The van der Waals surface area contributed by atoms with Crippen LogP contribution in [0.4, 0.5) is 0 Å². The molecule has 0 N–H and O–H groups in total. The highest BCUT2D eigenvalue weighted by atomic mass is 32.2. The molecule has 0 atom stereocenters. The third kappa shape index (κ3) is 3.87. The molecule has 0 fully saturated rings. The molecule has 0 spiro atoms. The van der Waals surface area contributed by atoms with Crippen molar-refractivity contribution < 1.29 is 0 Å². The first-order valence-corrected chi connectivity index (χ1v) is 3.56. The van der Waals surface area contributed by atoms with E-state index in [1.165, 1.54) is 11.9 Å². The van der Waals surface area contributed by atoms with E-state index in [0.29, 0.717) is 0 Å². The molecule has 46 valence electrons. The second-order valence-electron chi connectivity index (χ2n) is 1.21. The van der Waals surface area contributed by atoms with Gasteiger partial charge in [0.15, 0.2) is 0 Å². The van der Waals surface area contributed by atoms with Crippen molar-refractivity contribution in [3.05, 3.63) is 0 Å². The van der Waals surface area contributed by atoms with Gasteiger partial charge in [-0.15, -0.1) is 0 Å². The minimum absolute atomic E-state index is 0.819. The van der Waals surface area contributed by atoms with Crippen LogP contribution >= 0.6 is 11.9 Å². The molecule has 0 aliphatic rings. The first kappa shape index (κ1) is 7.69. The van der Waals surface area contributed by atoms with Crippen LogP contribution < -0.4 is 0 Å². The molecule has 8 heavy (non-hydrogen) atoms. The van der Waals surface area contributed by atoms with Gasteiger partial charge in [0.2, 0.25) is 0 Å². The van der Waals surface area contributed by atoms with Gasteiger partial charge in [0.05, 0.1) is 0 Å². The summed E-state index contributed by atoms with van der Waals surface area (Å²) in [7, 11) is 0. The Morgan fingerprint density at radius 2 is 2.25 bits per heavy atom. The molecule has 0 aromatic heterocycles. The number of aliphatic imine (C=N–C) groups is 1. The molecule has 0 amide bonds. The zero-order chi connectivity index (χ0) is 6.41. The van der Waals surface area contributed by atoms with E-state index in [9.17, 15) is 0 Å². The van der Waals surface area contributed by atoms with Crippen molar-refractivity contribution in [2.45, 2.75) is 13.8 Å². The summed E-state index contributed by atoms with van der Waals surface area (Å²) in [5.74, 6) is 0.819. The fraction of sp³-hybridized carbons (Fsp3) is 0.600. The number of rotatable bonds is 1. The molecule has 0 rings (SSSR count). The SMILES string of the molecule is C/C=N/C(C)=N\SC. The monoisotopic (exact) mass is 130 g/mol. The highest BCUT2D eigenvalue weighted by Gasteiger charge is 1.77. The fourth-order valence-corrected chi connectivity index (χ4v) is 0.654. The third-order valence-electron chi connectivity index (χ3n) is 0.539. The van der Waals surface area contributed by atoms with Gasteiger partial charge in [-0.2, -0.15) is 0 Å². The van der Waals surface area contributed by atoms with Crippen molar-refractivity contribution in [2.24, 2.45) is 9.39 Å². The van der Waals surface area contributed by atoms with Crippen molar-refractivity contribution in [3.63, 3.8) is 0 Å². The quantitative estimate of drug-likeness (QED) is 0.301. The van der Waals surface area contributed by atoms with Gasteiger partial charge in [0.25, 0.3) is 0 Å². The predicted molar refractivity (Wildman–Crippen MR) is 40.8 cm³/mol. The molecule has 2 nitrogen and oxygen atoms in total. The Morgan fingerprint density at radius 1 is 1.62 bits per heavy atom. The van der Waals surface area contributed by atoms with Crippen LogP contribution in [0.5, 0.6) is 0 Å². The average molecular weight is 130 g/mol. The molecule has 0 radical (unpaired) electrons. The second-order valence-corrected chi connectivity index (χ2v) is 1.76. The fourth-order valence-electron chi connectivity index (χ4n) is 0.343. The summed E-state index contributed by atoms with van der Waals surface area (Å²) >= 11 is 1.42. The lowest BCUT2D eigenvalue weighted by Gasteiger charge is -1.84. The van der Waals surface area contributed by atoms with Crippen LogP contribution in [0.1, 0.15) is 13.8 Å². The van der Waals surface area contributed by atoms with Gasteiger partial charge >= 0.3 is 0 Å². The molecule has 0 aromatic rings. The summed E-state index contributed by atoms with van der Waals surface area (Å²) in [5.41, 5.74) is 0. The lowest BCUT2D eigenvalue weighted by molar-refractivity contribution is 1.58. The zero-order valence-corrected chi connectivity index (χ0v) is 6.20. The molecule has 0 aromatic carbocycles. The Balaban J connectivity index is 3.61. The molecule has 0 heterocycles. The number of hydrogen-bond acceptors (Lipinski definition) is 2. The highest BCUT2D eigenvalue weighted by molar-refractivity contribution is 7.97. The molecule has 0 aliphatic heterocycles. The molecule has 0 saturated carbocycles. The van der Waals surface area contributed by atoms with Gasteiger partial charge in [-0.3, -0.25) is 0 Å². The van der Waals surface area contributed by atoms with Gasteiger partial charge in [-0.05, 0) is 25.8 Å². The maximum Gasteiger partial charge on any atom is 0.132 e. The minimum Gasteiger partial charge on any atom is -0.246 e. The summed E-state index contributed by atoms with van der Waals surface area (Å²) in [5, 5.41) is 0. The van der Waals surface area contributed by atoms with Gasteiger partial charge in [-0.1, -0.05) is 0 Å². The first-order chi connectivity index (χ1) is 3.81. The summed E-state index contributed by atoms with van der Waals surface area (Å²) in [6.45, 7) is 3.75. The number of nitrogens with zero attached hydrogens (tertiary/aromatic N) is 2. The Bertz CT molecular complexity index is 107. The van der Waals surface area contributed by atoms with E-state index in [0.717, 1.165) is 5.84 Å². The molecule has 0 aliphatic carbocycles. The van der Waals surface area contributed by atoms with Crippen LogP contribution in [-0.4, -0.2) is 18.3 Å². The highest BCUT2D eigenvalue weighted by Crippen LogP contribution is 1.93. The van der Waals surface area contributed by atoms with Crippen molar-refractivity contribution >= 4 is 24.0 Å². The molecule has 0 unspecified atom stereocenters. The van der Waals surface area contributed by atoms with Gasteiger partial charge in [0, 0.05) is 12.5 Å². The average Bonchev–Trinajstić information content (AvgIpc) is 1.68. The minimum atomic E-state index is 0.819. The van der Waals surface area contributed by atoms with E-state index in [2.05, 4.69) is 9.39 Å². The van der Waals surface area contributed by atoms with E-state index < -0.39 is 0 Å². The summed E-state index contributed by atoms with van der Waals surface area (Å²) in [6.07, 6.45) is 3.64. The maximum absolute atomic E-state index is 3.95. The van der Waals surface area contributed by atoms with Gasteiger partial charge < -0.3 is 0 Å². The maximum atomic E-state index is 3.95. The summed E-state index contributed by atoms with van der Waals surface area (Å²) in [4.78, 5) is 3.92. The molecular formula is C5H10N2S. The predicted octanol–water partition coefficient (Wildman–Crippen LogP) is 1.77. The van der Waals surface area contributed by atoms with Crippen LogP contribution in [0.25, 0.3) is 0 Å². The van der Waals surface area contributed by atoms with Crippen LogP contribution in [0.2, 0.25) is 0 Å². The topological polar surface area (TPSA) is 24.7 Å². The van der Waals surface area contributed by atoms with Crippen molar-refractivity contribution in [1.82, 2.24) is 0 Å². The summed E-state index contributed by atoms with van der Waals surface area (Å²) < 4.78 is 3.95. The van der Waals surface area contributed by atoms with Crippen molar-refractivity contribution in [3.8, 4) is 0 Å². The zero-order valence-electron chi connectivity index (χ0n) is 5.38. The normalized spacial score (nSPS) is 13.1. The van der Waals surface area contributed by atoms with E-state index in [4.69, 9.17) is 0 Å². The van der Waals surface area contributed by atoms with E-state index in [1.807, 2.05) is 20.1 Å². The van der Waals surface area contributed by atoms with Crippen LogP contribution in [-0.2, 0) is 0 Å².